The molecule has 0 saturated carbocycles. The van der Waals surface area contributed by atoms with E-state index < -0.39 is 5.67 Å². The summed E-state index contributed by atoms with van der Waals surface area (Å²) < 4.78 is 20.3. The van der Waals surface area contributed by atoms with E-state index in [1.807, 2.05) is 13.8 Å². The molecule has 0 aliphatic carbocycles. The number of ether oxygens (including phenoxy) is 1. The highest BCUT2D eigenvalue weighted by Crippen LogP contribution is 2.32. The summed E-state index contributed by atoms with van der Waals surface area (Å²) in [6, 6.07) is 0. The number of nitrogens with zero attached hydrogens (tertiary/aromatic N) is 1. The van der Waals surface area contributed by atoms with E-state index in [-0.39, 0.29) is 0 Å². The highest BCUT2D eigenvalue weighted by Gasteiger charge is 2.32. The maximum Gasteiger partial charge on any atom is 0.128 e. The molecule has 2 rings (SSSR count). The van der Waals surface area contributed by atoms with Crippen LogP contribution in [0.3, 0.4) is 0 Å². The van der Waals surface area contributed by atoms with Gasteiger partial charge < -0.3 is 10.1 Å². The Bertz CT molecular complexity index is 440. The zero-order chi connectivity index (χ0) is 13.9. The zero-order valence-corrected chi connectivity index (χ0v) is 12.1. The van der Waals surface area contributed by atoms with Gasteiger partial charge >= 0.3 is 0 Å². The predicted octanol–water partition coefficient (Wildman–Crippen LogP) is 2.73. The van der Waals surface area contributed by atoms with Crippen molar-refractivity contribution >= 4 is 0 Å². The van der Waals surface area contributed by atoms with E-state index in [2.05, 4.69) is 10.3 Å². The first-order valence-corrected chi connectivity index (χ1v) is 6.94. The van der Waals surface area contributed by atoms with Crippen molar-refractivity contribution in [2.45, 2.75) is 45.2 Å². The summed E-state index contributed by atoms with van der Waals surface area (Å²) in [4.78, 5) is 4.42. The van der Waals surface area contributed by atoms with Crippen LogP contribution in [0.2, 0.25) is 0 Å². The van der Waals surface area contributed by atoms with Crippen LogP contribution in [-0.4, -0.2) is 30.9 Å². The van der Waals surface area contributed by atoms with E-state index in [1.165, 1.54) is 0 Å². The number of rotatable bonds is 3. The molecular weight excluding hydrogens is 243 g/mol. The lowest BCUT2D eigenvalue weighted by Gasteiger charge is -2.24. The Balaban J connectivity index is 2.22. The molecule has 1 saturated heterocycles. The van der Waals surface area contributed by atoms with Crippen molar-refractivity contribution in [1.29, 1.82) is 0 Å². The van der Waals surface area contributed by atoms with Gasteiger partial charge in [0.05, 0.1) is 12.8 Å². The van der Waals surface area contributed by atoms with E-state index in [1.54, 1.807) is 13.3 Å². The quantitative estimate of drug-likeness (QED) is 0.913. The molecule has 0 bridgehead atoms. The highest BCUT2D eigenvalue weighted by atomic mass is 19.1. The minimum atomic E-state index is -1.14. The van der Waals surface area contributed by atoms with Crippen LogP contribution >= 0.6 is 0 Å². The van der Waals surface area contributed by atoms with Gasteiger partial charge in [-0.1, -0.05) is 0 Å². The fourth-order valence-electron chi connectivity index (χ4n) is 2.82. The lowest BCUT2D eigenvalue weighted by molar-refractivity contribution is 0.142. The smallest absolute Gasteiger partial charge is 0.128 e. The first kappa shape index (κ1) is 14.3. The monoisotopic (exact) mass is 266 g/mol. The van der Waals surface area contributed by atoms with Gasteiger partial charge in [-0.25, -0.2) is 4.39 Å². The van der Waals surface area contributed by atoms with Crippen LogP contribution < -0.4 is 10.1 Å². The number of aromatic nitrogens is 1. The van der Waals surface area contributed by atoms with Gasteiger partial charge in [-0.3, -0.25) is 4.98 Å². The Kier molecular flexibility index (Phi) is 4.40. The fourth-order valence-corrected chi connectivity index (χ4v) is 2.82. The molecule has 1 atom stereocenters. The molecule has 1 aromatic heterocycles. The first-order chi connectivity index (χ1) is 9.06. The Morgan fingerprint density at radius 2 is 2.16 bits per heavy atom. The Labute approximate surface area is 114 Å². The molecule has 106 valence electrons. The number of nitrogens with one attached hydrogen (secondary N) is 1. The number of alkyl halides is 1. The molecule has 4 heteroatoms. The molecule has 1 unspecified atom stereocenters. The fraction of sp³-hybridized carbons (Fsp3) is 0.667. The number of hydrogen-bond donors (Lipinski definition) is 1. The first-order valence-electron chi connectivity index (χ1n) is 6.94. The normalized spacial score (nSPS) is 24.0. The number of aryl methyl sites for hydroxylation is 1. The topological polar surface area (TPSA) is 34.1 Å². The molecule has 2 heterocycles. The molecule has 0 spiro atoms. The van der Waals surface area contributed by atoms with E-state index in [9.17, 15) is 4.39 Å². The van der Waals surface area contributed by atoms with Crippen LogP contribution in [0.4, 0.5) is 4.39 Å². The van der Waals surface area contributed by atoms with Crippen molar-refractivity contribution in [2.24, 2.45) is 0 Å². The second kappa shape index (κ2) is 5.87. The summed E-state index contributed by atoms with van der Waals surface area (Å²) in [6.45, 7) is 5.59. The van der Waals surface area contributed by atoms with Crippen LogP contribution in [0.25, 0.3) is 0 Å². The van der Waals surface area contributed by atoms with Gasteiger partial charge in [-0.15, -0.1) is 0 Å². The molecular formula is C15H23FN2O. The van der Waals surface area contributed by atoms with Crippen molar-refractivity contribution in [2.75, 3.05) is 20.2 Å². The lowest BCUT2D eigenvalue weighted by atomic mass is 9.90. The van der Waals surface area contributed by atoms with E-state index in [4.69, 9.17) is 4.74 Å². The van der Waals surface area contributed by atoms with Gasteiger partial charge in [-0.2, -0.15) is 0 Å². The Morgan fingerprint density at radius 3 is 2.89 bits per heavy atom. The molecule has 0 radical (unpaired) electrons. The maximum absolute atomic E-state index is 14.9. The lowest BCUT2D eigenvalue weighted by Crippen LogP contribution is -2.28. The van der Waals surface area contributed by atoms with Gasteiger partial charge in [-0.05, 0) is 46.2 Å². The Morgan fingerprint density at radius 1 is 1.37 bits per heavy atom. The SMILES string of the molecule is COc1c(C)cnc(CC2(F)CCCNCC2)c1C. The predicted molar refractivity (Wildman–Crippen MR) is 74.5 cm³/mol. The zero-order valence-electron chi connectivity index (χ0n) is 12.1. The molecule has 0 amide bonds. The number of methoxy groups -OCH3 is 1. The molecule has 0 aromatic carbocycles. The standard InChI is InChI=1S/C15H23FN2O/c1-11-10-18-13(12(2)14(11)19-3)9-15(16)5-4-7-17-8-6-15/h10,17H,4-9H2,1-3H3. The third kappa shape index (κ3) is 3.24. The average molecular weight is 266 g/mol. The van der Waals surface area contributed by atoms with E-state index in [0.29, 0.717) is 19.3 Å². The summed E-state index contributed by atoms with van der Waals surface area (Å²) in [5.74, 6) is 0.834. The molecule has 1 N–H and O–H groups in total. The summed E-state index contributed by atoms with van der Waals surface area (Å²) in [7, 11) is 1.65. The minimum Gasteiger partial charge on any atom is -0.496 e. The number of halogens is 1. The van der Waals surface area contributed by atoms with Crippen molar-refractivity contribution in [1.82, 2.24) is 10.3 Å². The summed E-state index contributed by atoms with van der Waals surface area (Å²) >= 11 is 0. The summed E-state index contributed by atoms with van der Waals surface area (Å²) in [5, 5.41) is 3.25. The van der Waals surface area contributed by atoms with Gasteiger partial charge in [0, 0.05) is 23.7 Å². The largest absolute Gasteiger partial charge is 0.496 e. The van der Waals surface area contributed by atoms with Gasteiger partial charge in [0.25, 0.3) is 0 Å². The highest BCUT2D eigenvalue weighted by molar-refractivity contribution is 5.41. The summed E-state index contributed by atoms with van der Waals surface area (Å²) in [6.07, 6.45) is 4.22. The minimum absolute atomic E-state index is 0.386. The van der Waals surface area contributed by atoms with Crippen LogP contribution in [0, 0.1) is 13.8 Å². The summed E-state index contributed by atoms with van der Waals surface area (Å²) in [5.41, 5.74) is 1.66. The second-order valence-electron chi connectivity index (χ2n) is 5.48. The van der Waals surface area contributed by atoms with Crippen molar-refractivity contribution in [3.63, 3.8) is 0 Å². The third-order valence-corrected chi connectivity index (χ3v) is 3.96. The molecule has 1 aliphatic rings. The van der Waals surface area contributed by atoms with Crippen LogP contribution in [-0.2, 0) is 6.42 Å². The Hall–Kier alpha value is -1.16. The number of hydrogen-bond acceptors (Lipinski definition) is 3. The van der Waals surface area contributed by atoms with Crippen LogP contribution in [0.5, 0.6) is 5.75 Å². The molecule has 1 aliphatic heterocycles. The molecule has 19 heavy (non-hydrogen) atoms. The van der Waals surface area contributed by atoms with Crippen molar-refractivity contribution in [3.05, 3.63) is 23.0 Å². The van der Waals surface area contributed by atoms with Crippen molar-refractivity contribution < 1.29 is 9.13 Å². The molecule has 1 aromatic rings. The van der Waals surface area contributed by atoms with Gasteiger partial charge in [0.2, 0.25) is 0 Å². The van der Waals surface area contributed by atoms with Crippen LogP contribution in [0.15, 0.2) is 6.20 Å². The second-order valence-corrected chi connectivity index (χ2v) is 5.48. The van der Waals surface area contributed by atoms with Gasteiger partial charge in [0.1, 0.15) is 11.4 Å². The number of pyridine rings is 1. The maximum atomic E-state index is 14.9. The average Bonchev–Trinajstić information content (AvgIpc) is 2.59. The van der Waals surface area contributed by atoms with E-state index in [0.717, 1.165) is 42.1 Å². The van der Waals surface area contributed by atoms with E-state index >= 15 is 0 Å². The molecule has 3 nitrogen and oxygen atoms in total. The van der Waals surface area contributed by atoms with Crippen LogP contribution in [0.1, 0.15) is 36.1 Å². The third-order valence-electron chi connectivity index (χ3n) is 3.96. The van der Waals surface area contributed by atoms with Gasteiger partial charge in [0.15, 0.2) is 0 Å². The van der Waals surface area contributed by atoms with Crippen molar-refractivity contribution in [3.8, 4) is 5.75 Å². The molecule has 1 fully saturated rings.